The molecule has 0 aliphatic carbocycles. The SMILES string of the molecule is COc1cc(-c2cc(-c3ccc4c(c3)c3ccccc3n4C)on2)cc(OC)c1O. The first kappa shape index (κ1) is 18.1. The molecule has 2 heterocycles. The summed E-state index contributed by atoms with van der Waals surface area (Å²) in [7, 11) is 5.06. The van der Waals surface area contributed by atoms with Crippen molar-refractivity contribution in [1.29, 1.82) is 0 Å². The van der Waals surface area contributed by atoms with E-state index >= 15 is 0 Å². The first-order chi connectivity index (χ1) is 14.6. The molecule has 0 atom stereocenters. The number of nitrogens with zero attached hydrogens (tertiary/aromatic N) is 2. The highest BCUT2D eigenvalue weighted by molar-refractivity contribution is 6.09. The number of aromatic nitrogens is 2. The third-order valence-corrected chi connectivity index (χ3v) is 5.48. The first-order valence-corrected chi connectivity index (χ1v) is 9.50. The Labute approximate surface area is 172 Å². The molecule has 0 amide bonds. The minimum absolute atomic E-state index is 0.0473. The van der Waals surface area contributed by atoms with Crippen LogP contribution in [0.1, 0.15) is 0 Å². The molecule has 6 nitrogen and oxygen atoms in total. The van der Waals surface area contributed by atoms with Gasteiger partial charge in [-0.05, 0) is 36.4 Å². The number of aryl methyl sites for hydroxylation is 1. The first-order valence-electron chi connectivity index (χ1n) is 9.50. The molecule has 30 heavy (non-hydrogen) atoms. The lowest BCUT2D eigenvalue weighted by Crippen LogP contribution is -1.90. The maximum Gasteiger partial charge on any atom is 0.200 e. The molecule has 6 heteroatoms. The number of hydrogen-bond donors (Lipinski definition) is 1. The topological polar surface area (TPSA) is 69.7 Å². The Morgan fingerprint density at radius 3 is 2.27 bits per heavy atom. The highest BCUT2D eigenvalue weighted by atomic mass is 16.5. The zero-order valence-corrected chi connectivity index (χ0v) is 16.8. The van der Waals surface area contributed by atoms with E-state index in [4.69, 9.17) is 14.0 Å². The summed E-state index contributed by atoms with van der Waals surface area (Å²) in [5.41, 5.74) is 4.64. The van der Waals surface area contributed by atoms with E-state index in [2.05, 4.69) is 41.0 Å². The standard InChI is InChI=1S/C24H20N2O4/c1-26-19-7-5-4-6-16(19)17-10-14(8-9-20(17)26)21-13-18(25-30-21)15-11-22(28-2)24(27)23(12-15)29-3/h4-13,27H,1-3H3. The Kier molecular flexibility index (Phi) is 4.13. The average Bonchev–Trinajstić information content (AvgIpc) is 3.38. The van der Waals surface area contributed by atoms with Gasteiger partial charge in [0.05, 0.1) is 14.2 Å². The van der Waals surface area contributed by atoms with Crippen LogP contribution in [0.3, 0.4) is 0 Å². The summed E-state index contributed by atoms with van der Waals surface area (Å²) in [5.74, 6) is 1.23. The van der Waals surface area contributed by atoms with Crippen molar-refractivity contribution in [2.24, 2.45) is 7.05 Å². The minimum atomic E-state index is -0.0473. The Hall–Kier alpha value is -3.93. The van der Waals surface area contributed by atoms with Crippen LogP contribution in [0.5, 0.6) is 17.2 Å². The molecule has 0 spiro atoms. The molecule has 0 aliphatic heterocycles. The number of phenolic OH excluding ortho intramolecular Hbond substituents is 1. The Morgan fingerprint density at radius 1 is 0.833 bits per heavy atom. The fourth-order valence-electron chi connectivity index (χ4n) is 3.91. The van der Waals surface area contributed by atoms with Crippen molar-refractivity contribution in [2.75, 3.05) is 14.2 Å². The average molecular weight is 400 g/mol. The van der Waals surface area contributed by atoms with Gasteiger partial charge in [-0.15, -0.1) is 0 Å². The van der Waals surface area contributed by atoms with Crippen molar-refractivity contribution in [1.82, 2.24) is 9.72 Å². The van der Waals surface area contributed by atoms with Crippen LogP contribution in [-0.2, 0) is 7.05 Å². The molecule has 2 aromatic heterocycles. The predicted octanol–water partition coefficient (Wildman–Crippen LogP) is 5.38. The lowest BCUT2D eigenvalue weighted by Gasteiger charge is -2.09. The van der Waals surface area contributed by atoms with Gasteiger partial charge in [-0.3, -0.25) is 0 Å². The van der Waals surface area contributed by atoms with Crippen molar-refractivity contribution in [2.45, 2.75) is 0 Å². The Balaban J connectivity index is 1.61. The summed E-state index contributed by atoms with van der Waals surface area (Å²) in [6, 6.07) is 19.9. The number of para-hydroxylation sites is 1. The van der Waals surface area contributed by atoms with Crippen LogP contribution >= 0.6 is 0 Å². The van der Waals surface area contributed by atoms with Gasteiger partial charge in [0, 0.05) is 46.0 Å². The maximum atomic E-state index is 10.1. The molecule has 3 aromatic carbocycles. The lowest BCUT2D eigenvalue weighted by molar-refractivity contribution is 0.340. The fraction of sp³-hybridized carbons (Fsp3) is 0.125. The molecule has 5 rings (SSSR count). The number of aromatic hydroxyl groups is 1. The predicted molar refractivity (Wildman–Crippen MR) is 116 cm³/mol. The largest absolute Gasteiger partial charge is 0.502 e. The van der Waals surface area contributed by atoms with E-state index in [0.29, 0.717) is 23.0 Å². The zero-order chi connectivity index (χ0) is 20.8. The van der Waals surface area contributed by atoms with Crippen molar-refractivity contribution in [3.05, 3.63) is 60.7 Å². The molecule has 5 aromatic rings. The Bertz CT molecular complexity index is 1370. The van der Waals surface area contributed by atoms with Crippen LogP contribution in [0.15, 0.2) is 65.2 Å². The van der Waals surface area contributed by atoms with E-state index in [1.165, 1.54) is 25.1 Å². The molecule has 0 aliphatic rings. The second-order valence-electron chi connectivity index (χ2n) is 7.11. The van der Waals surface area contributed by atoms with Gasteiger partial charge in [-0.2, -0.15) is 0 Å². The van der Waals surface area contributed by atoms with E-state index < -0.39 is 0 Å². The van der Waals surface area contributed by atoms with Gasteiger partial charge >= 0.3 is 0 Å². The van der Waals surface area contributed by atoms with Gasteiger partial charge in [0.15, 0.2) is 17.3 Å². The van der Waals surface area contributed by atoms with Crippen LogP contribution in [0.4, 0.5) is 0 Å². The number of phenols is 1. The van der Waals surface area contributed by atoms with Crippen LogP contribution < -0.4 is 9.47 Å². The van der Waals surface area contributed by atoms with Gasteiger partial charge in [-0.1, -0.05) is 23.4 Å². The monoisotopic (exact) mass is 400 g/mol. The Morgan fingerprint density at radius 2 is 1.53 bits per heavy atom. The number of fused-ring (bicyclic) bond motifs is 3. The zero-order valence-electron chi connectivity index (χ0n) is 16.8. The van der Waals surface area contributed by atoms with Crippen molar-refractivity contribution >= 4 is 21.8 Å². The summed E-state index contributed by atoms with van der Waals surface area (Å²) in [6.07, 6.45) is 0. The van der Waals surface area contributed by atoms with E-state index in [0.717, 1.165) is 22.0 Å². The molecule has 0 unspecified atom stereocenters. The van der Waals surface area contributed by atoms with E-state index in [-0.39, 0.29) is 5.75 Å². The number of hydrogen-bond acceptors (Lipinski definition) is 5. The van der Waals surface area contributed by atoms with Crippen molar-refractivity contribution in [3.63, 3.8) is 0 Å². The summed E-state index contributed by atoms with van der Waals surface area (Å²) < 4.78 is 18.3. The van der Waals surface area contributed by atoms with Crippen LogP contribution in [-0.4, -0.2) is 29.0 Å². The highest BCUT2D eigenvalue weighted by Crippen LogP contribution is 2.41. The molecular formula is C24H20N2O4. The summed E-state index contributed by atoms with van der Waals surface area (Å²) in [4.78, 5) is 0. The third kappa shape index (κ3) is 2.69. The van der Waals surface area contributed by atoms with E-state index in [9.17, 15) is 5.11 Å². The third-order valence-electron chi connectivity index (χ3n) is 5.48. The van der Waals surface area contributed by atoms with Crippen LogP contribution in [0.25, 0.3) is 44.4 Å². The quantitative estimate of drug-likeness (QED) is 0.439. The lowest BCUT2D eigenvalue weighted by atomic mass is 10.1. The molecule has 0 saturated carbocycles. The van der Waals surface area contributed by atoms with E-state index in [1.54, 1.807) is 12.1 Å². The second-order valence-corrected chi connectivity index (χ2v) is 7.11. The molecule has 1 N–H and O–H groups in total. The second kappa shape index (κ2) is 6.84. The summed E-state index contributed by atoms with van der Waals surface area (Å²) in [6.45, 7) is 0. The molecule has 0 saturated heterocycles. The minimum Gasteiger partial charge on any atom is -0.502 e. The highest BCUT2D eigenvalue weighted by Gasteiger charge is 2.16. The number of benzene rings is 3. The van der Waals surface area contributed by atoms with Gasteiger partial charge in [0.1, 0.15) is 5.69 Å². The molecular weight excluding hydrogens is 380 g/mol. The fourth-order valence-corrected chi connectivity index (χ4v) is 3.91. The molecule has 0 bridgehead atoms. The van der Waals surface area contributed by atoms with Gasteiger partial charge in [0.2, 0.25) is 5.75 Å². The number of methoxy groups -OCH3 is 2. The smallest absolute Gasteiger partial charge is 0.200 e. The van der Waals surface area contributed by atoms with Crippen molar-refractivity contribution < 1.29 is 19.1 Å². The van der Waals surface area contributed by atoms with Gasteiger partial charge in [-0.25, -0.2) is 0 Å². The van der Waals surface area contributed by atoms with E-state index in [1.807, 2.05) is 24.3 Å². The van der Waals surface area contributed by atoms with Gasteiger partial charge < -0.3 is 23.7 Å². The van der Waals surface area contributed by atoms with Crippen LogP contribution in [0, 0.1) is 0 Å². The maximum absolute atomic E-state index is 10.1. The molecule has 0 radical (unpaired) electrons. The normalized spacial score (nSPS) is 11.3. The summed E-state index contributed by atoms with van der Waals surface area (Å²) in [5, 5.41) is 16.7. The number of rotatable bonds is 4. The molecule has 0 fully saturated rings. The molecule has 150 valence electrons. The number of ether oxygens (including phenoxy) is 2. The van der Waals surface area contributed by atoms with Crippen LogP contribution in [0.2, 0.25) is 0 Å². The summed E-state index contributed by atoms with van der Waals surface area (Å²) >= 11 is 0. The van der Waals surface area contributed by atoms with Crippen molar-refractivity contribution in [3.8, 4) is 39.8 Å². The van der Waals surface area contributed by atoms with Gasteiger partial charge in [0.25, 0.3) is 0 Å².